The molecule has 6 nitrogen and oxygen atoms in total. The summed E-state index contributed by atoms with van der Waals surface area (Å²) in [5, 5.41) is 10.3. The number of hydrogen-bond donors (Lipinski definition) is 3. The summed E-state index contributed by atoms with van der Waals surface area (Å²) in [6.45, 7) is 1.88. The van der Waals surface area contributed by atoms with Gasteiger partial charge in [0.1, 0.15) is 0 Å². The Labute approximate surface area is 111 Å². The van der Waals surface area contributed by atoms with Crippen molar-refractivity contribution in [2.45, 2.75) is 12.1 Å². The third-order valence-electron chi connectivity index (χ3n) is 2.51. The van der Waals surface area contributed by atoms with Gasteiger partial charge in [0, 0.05) is 36.5 Å². The Morgan fingerprint density at radius 1 is 1.40 bits per heavy atom. The van der Waals surface area contributed by atoms with E-state index in [1.54, 1.807) is 18.3 Å². The number of carbonyl (C=O) groups excluding carboxylic acids is 1. The zero-order valence-corrected chi connectivity index (χ0v) is 10.1. The number of amides is 1. The fourth-order valence-electron chi connectivity index (χ4n) is 1.32. The van der Waals surface area contributed by atoms with E-state index in [1.165, 1.54) is 0 Å². The van der Waals surface area contributed by atoms with Crippen molar-refractivity contribution in [1.29, 1.82) is 0 Å². The van der Waals surface area contributed by atoms with Gasteiger partial charge in [-0.15, -0.1) is 0 Å². The van der Waals surface area contributed by atoms with Crippen molar-refractivity contribution in [3.63, 3.8) is 0 Å². The molecular weight excluding hydrogens is 279 g/mol. The van der Waals surface area contributed by atoms with Crippen molar-refractivity contribution in [3.8, 4) is 0 Å². The molecule has 9 heteroatoms. The molecule has 1 aromatic rings. The first-order valence-corrected chi connectivity index (χ1v) is 5.48. The summed E-state index contributed by atoms with van der Waals surface area (Å²) in [4.78, 5) is 24.0. The van der Waals surface area contributed by atoms with Crippen LogP contribution in [0.1, 0.15) is 22.0 Å². The first kappa shape index (κ1) is 15.9. The van der Waals surface area contributed by atoms with Crippen LogP contribution in [-0.2, 0) is 4.79 Å². The largest absolute Gasteiger partial charge is 0.490 e. The Morgan fingerprint density at radius 2 is 1.95 bits per heavy atom. The molecule has 1 saturated heterocycles. The number of carbonyl (C=O) groups is 2. The molecule has 0 bridgehead atoms. The molecule has 1 aliphatic rings. The summed E-state index contributed by atoms with van der Waals surface area (Å²) >= 11 is 0. The van der Waals surface area contributed by atoms with Crippen molar-refractivity contribution < 1.29 is 27.9 Å². The number of nitrogens with two attached hydrogens (primary N) is 1. The van der Waals surface area contributed by atoms with Gasteiger partial charge in [-0.3, -0.25) is 9.78 Å². The fraction of sp³-hybridized carbons (Fsp3) is 0.364. The van der Waals surface area contributed by atoms with Crippen molar-refractivity contribution in [2.75, 3.05) is 13.1 Å². The number of nitrogens with one attached hydrogen (secondary N) is 1. The number of rotatable bonds is 2. The molecule has 0 atom stereocenters. The Hall–Kier alpha value is -2.16. The first-order valence-electron chi connectivity index (χ1n) is 5.48. The standard InChI is InChI=1S/C9H11N3O.C2HF3O2/c10-9(13)6-1-2-12-8(3-6)7-4-11-5-7;3-2(4,5)1(6)7/h1-3,7,11H,4-5H2,(H2,10,13);(H,6,7). The van der Waals surface area contributed by atoms with E-state index in [0.717, 1.165) is 18.8 Å². The van der Waals surface area contributed by atoms with Gasteiger partial charge in [-0.1, -0.05) is 0 Å². The highest BCUT2D eigenvalue weighted by atomic mass is 19.4. The molecule has 0 aliphatic carbocycles. The Kier molecular flexibility index (Phi) is 5.03. The summed E-state index contributed by atoms with van der Waals surface area (Å²) in [7, 11) is 0. The highest BCUT2D eigenvalue weighted by molar-refractivity contribution is 5.92. The van der Waals surface area contributed by atoms with Gasteiger partial charge >= 0.3 is 12.1 Å². The molecule has 4 N–H and O–H groups in total. The highest BCUT2D eigenvalue weighted by Crippen LogP contribution is 2.17. The highest BCUT2D eigenvalue weighted by Gasteiger charge is 2.38. The van der Waals surface area contributed by atoms with Crippen LogP contribution in [0.2, 0.25) is 0 Å². The van der Waals surface area contributed by atoms with E-state index in [-0.39, 0.29) is 0 Å². The van der Waals surface area contributed by atoms with Gasteiger partial charge in [0.05, 0.1) is 0 Å². The summed E-state index contributed by atoms with van der Waals surface area (Å²) in [5.41, 5.74) is 6.65. The van der Waals surface area contributed by atoms with E-state index >= 15 is 0 Å². The maximum absolute atomic E-state index is 10.9. The predicted molar refractivity (Wildman–Crippen MR) is 62.1 cm³/mol. The SMILES string of the molecule is NC(=O)c1ccnc(C2CNC2)c1.O=C(O)C(F)(F)F. The maximum Gasteiger partial charge on any atom is 0.490 e. The second-order valence-corrected chi connectivity index (χ2v) is 3.99. The minimum Gasteiger partial charge on any atom is -0.475 e. The lowest BCUT2D eigenvalue weighted by molar-refractivity contribution is -0.192. The minimum absolute atomic E-state index is 0.393. The second-order valence-electron chi connectivity index (χ2n) is 3.99. The molecule has 0 aromatic carbocycles. The lowest BCUT2D eigenvalue weighted by atomic mass is 9.97. The van der Waals surface area contributed by atoms with Crippen molar-refractivity contribution in [3.05, 3.63) is 29.6 Å². The summed E-state index contributed by atoms with van der Waals surface area (Å²) < 4.78 is 31.7. The number of aromatic nitrogens is 1. The molecule has 0 spiro atoms. The summed E-state index contributed by atoms with van der Waals surface area (Å²) in [5.74, 6) is -2.71. The summed E-state index contributed by atoms with van der Waals surface area (Å²) in [6.07, 6.45) is -3.45. The predicted octanol–water partition coefficient (Wildman–Crippen LogP) is 0.501. The van der Waals surface area contributed by atoms with E-state index < -0.39 is 18.1 Å². The van der Waals surface area contributed by atoms with Gasteiger partial charge in [-0.05, 0) is 12.1 Å². The third-order valence-corrected chi connectivity index (χ3v) is 2.51. The van der Waals surface area contributed by atoms with E-state index in [1.807, 2.05) is 0 Å². The van der Waals surface area contributed by atoms with Crippen LogP contribution in [0.5, 0.6) is 0 Å². The van der Waals surface area contributed by atoms with Crippen LogP contribution in [0.15, 0.2) is 18.3 Å². The maximum atomic E-state index is 10.9. The lowest BCUT2D eigenvalue weighted by Crippen LogP contribution is -2.40. The molecule has 0 saturated carbocycles. The average Bonchev–Trinajstić information content (AvgIpc) is 2.26. The zero-order chi connectivity index (χ0) is 15.3. The number of pyridine rings is 1. The van der Waals surface area contributed by atoms with E-state index in [0.29, 0.717) is 11.5 Å². The van der Waals surface area contributed by atoms with Crippen LogP contribution in [0.3, 0.4) is 0 Å². The fourth-order valence-corrected chi connectivity index (χ4v) is 1.32. The first-order chi connectivity index (χ1) is 9.21. The molecule has 1 aliphatic heterocycles. The van der Waals surface area contributed by atoms with Crippen LogP contribution >= 0.6 is 0 Å². The number of halogens is 3. The van der Waals surface area contributed by atoms with Crippen molar-refractivity contribution in [2.24, 2.45) is 5.73 Å². The van der Waals surface area contributed by atoms with Crippen molar-refractivity contribution >= 4 is 11.9 Å². The number of alkyl halides is 3. The molecule has 1 amide bonds. The number of nitrogens with zero attached hydrogens (tertiary/aromatic N) is 1. The molecule has 20 heavy (non-hydrogen) atoms. The van der Waals surface area contributed by atoms with E-state index in [4.69, 9.17) is 15.6 Å². The quantitative estimate of drug-likeness (QED) is 0.736. The van der Waals surface area contributed by atoms with Gasteiger partial charge in [-0.2, -0.15) is 13.2 Å². The average molecular weight is 291 g/mol. The number of carboxylic acid groups (broad SMARTS) is 1. The van der Waals surface area contributed by atoms with Crippen LogP contribution < -0.4 is 11.1 Å². The lowest BCUT2D eigenvalue weighted by Gasteiger charge is -2.26. The smallest absolute Gasteiger partial charge is 0.475 e. The van der Waals surface area contributed by atoms with Gasteiger partial charge in [-0.25, -0.2) is 4.79 Å². The van der Waals surface area contributed by atoms with E-state index in [9.17, 15) is 18.0 Å². The normalized spacial score (nSPS) is 14.8. The number of aliphatic carboxylic acids is 1. The topological polar surface area (TPSA) is 105 Å². The molecule has 110 valence electrons. The van der Waals surface area contributed by atoms with Gasteiger partial charge < -0.3 is 16.2 Å². The van der Waals surface area contributed by atoms with Crippen molar-refractivity contribution in [1.82, 2.24) is 10.3 Å². The Morgan fingerprint density at radius 3 is 2.30 bits per heavy atom. The van der Waals surface area contributed by atoms with Crippen LogP contribution in [0.4, 0.5) is 13.2 Å². The van der Waals surface area contributed by atoms with Gasteiger partial charge in [0.2, 0.25) is 5.91 Å². The van der Waals surface area contributed by atoms with E-state index in [2.05, 4.69) is 10.3 Å². The molecule has 2 heterocycles. The van der Waals surface area contributed by atoms with Crippen LogP contribution in [-0.4, -0.2) is 41.2 Å². The molecule has 2 rings (SSSR count). The number of carboxylic acids is 1. The molecule has 0 radical (unpaired) electrons. The second kappa shape index (κ2) is 6.33. The summed E-state index contributed by atoms with van der Waals surface area (Å²) in [6, 6.07) is 3.41. The number of primary amides is 1. The minimum atomic E-state index is -5.08. The monoisotopic (exact) mass is 291 g/mol. The van der Waals surface area contributed by atoms with Crippen LogP contribution in [0.25, 0.3) is 0 Å². The number of hydrogen-bond acceptors (Lipinski definition) is 4. The molecule has 1 fully saturated rings. The molecule has 1 aromatic heterocycles. The van der Waals surface area contributed by atoms with Crippen LogP contribution in [0, 0.1) is 0 Å². The van der Waals surface area contributed by atoms with Gasteiger partial charge in [0.15, 0.2) is 0 Å². The third kappa shape index (κ3) is 4.50. The Balaban J connectivity index is 0.000000246. The Bertz CT molecular complexity index is 501. The molecule has 0 unspecified atom stereocenters. The molecular formula is C11H12F3N3O3. The van der Waals surface area contributed by atoms with Gasteiger partial charge in [0.25, 0.3) is 0 Å². The zero-order valence-electron chi connectivity index (χ0n) is 10.1.